The third-order valence-corrected chi connectivity index (χ3v) is 4.14. The lowest BCUT2D eigenvalue weighted by atomic mass is 9.69. The number of rotatable bonds is 1. The lowest BCUT2D eigenvalue weighted by Crippen LogP contribution is -2.35. The lowest BCUT2D eigenvalue weighted by Gasteiger charge is -2.39. The van der Waals surface area contributed by atoms with Crippen LogP contribution < -0.4 is 0 Å². The molecule has 16 heavy (non-hydrogen) atoms. The molecule has 0 radical (unpaired) electrons. The fourth-order valence-electron chi connectivity index (χ4n) is 2.46. The van der Waals surface area contributed by atoms with Crippen LogP contribution in [0.1, 0.15) is 44.6 Å². The second kappa shape index (κ2) is 4.38. The van der Waals surface area contributed by atoms with Crippen LogP contribution in [0.5, 0.6) is 0 Å². The quantitative estimate of drug-likeness (QED) is 0.784. The first-order valence-electron chi connectivity index (χ1n) is 5.92. The van der Waals surface area contributed by atoms with Gasteiger partial charge < -0.3 is 5.11 Å². The monoisotopic (exact) mass is 238 g/mol. The Hall–Kier alpha value is -0.530. The molecule has 2 unspecified atom stereocenters. The zero-order chi connectivity index (χ0) is 11.8. The van der Waals surface area contributed by atoms with Crippen molar-refractivity contribution in [3.05, 3.63) is 34.9 Å². The maximum Gasteiger partial charge on any atom is 0.0597 e. The fourth-order valence-corrected chi connectivity index (χ4v) is 2.58. The Kier molecular flexibility index (Phi) is 3.27. The number of hydrogen-bond acceptors (Lipinski definition) is 1. The topological polar surface area (TPSA) is 20.2 Å². The molecule has 88 valence electrons. The SMILES string of the molecule is CC1(C)CCC(c2ccc(Cl)cc2)CC1O. The Morgan fingerprint density at radius 1 is 1.25 bits per heavy atom. The number of benzene rings is 1. The van der Waals surface area contributed by atoms with E-state index in [9.17, 15) is 5.11 Å². The van der Waals surface area contributed by atoms with Gasteiger partial charge in [-0.05, 0) is 48.3 Å². The molecule has 0 aliphatic heterocycles. The van der Waals surface area contributed by atoms with Gasteiger partial charge in [0.1, 0.15) is 0 Å². The van der Waals surface area contributed by atoms with Gasteiger partial charge in [-0.25, -0.2) is 0 Å². The molecule has 0 spiro atoms. The van der Waals surface area contributed by atoms with E-state index in [1.807, 2.05) is 12.1 Å². The zero-order valence-electron chi connectivity index (χ0n) is 9.91. The van der Waals surface area contributed by atoms with Crippen LogP contribution in [-0.4, -0.2) is 11.2 Å². The second-order valence-electron chi connectivity index (χ2n) is 5.53. The van der Waals surface area contributed by atoms with Crippen LogP contribution in [0.15, 0.2) is 24.3 Å². The van der Waals surface area contributed by atoms with Crippen molar-refractivity contribution < 1.29 is 5.11 Å². The molecule has 1 saturated carbocycles. The first-order chi connectivity index (χ1) is 7.49. The number of aliphatic hydroxyl groups excluding tert-OH is 1. The van der Waals surface area contributed by atoms with Gasteiger partial charge >= 0.3 is 0 Å². The van der Waals surface area contributed by atoms with Gasteiger partial charge in [-0.3, -0.25) is 0 Å². The first-order valence-corrected chi connectivity index (χ1v) is 6.30. The summed E-state index contributed by atoms with van der Waals surface area (Å²) in [6, 6.07) is 8.03. The van der Waals surface area contributed by atoms with Crippen molar-refractivity contribution in [2.45, 2.75) is 45.1 Å². The molecule has 1 N–H and O–H groups in total. The zero-order valence-corrected chi connectivity index (χ0v) is 10.7. The van der Waals surface area contributed by atoms with Crippen molar-refractivity contribution in [3.63, 3.8) is 0 Å². The van der Waals surface area contributed by atoms with Gasteiger partial charge in [0, 0.05) is 5.02 Å². The van der Waals surface area contributed by atoms with Crippen molar-refractivity contribution in [2.24, 2.45) is 5.41 Å². The van der Waals surface area contributed by atoms with Gasteiger partial charge in [-0.1, -0.05) is 37.6 Å². The molecule has 0 saturated heterocycles. The van der Waals surface area contributed by atoms with Crippen molar-refractivity contribution in [1.82, 2.24) is 0 Å². The molecule has 2 heteroatoms. The van der Waals surface area contributed by atoms with Crippen molar-refractivity contribution in [3.8, 4) is 0 Å². The van der Waals surface area contributed by atoms with Crippen molar-refractivity contribution in [1.29, 1.82) is 0 Å². The van der Waals surface area contributed by atoms with Gasteiger partial charge in [-0.15, -0.1) is 0 Å². The molecule has 1 aromatic rings. The van der Waals surface area contributed by atoms with Crippen LogP contribution in [0, 0.1) is 5.41 Å². The average Bonchev–Trinajstić information content (AvgIpc) is 2.24. The lowest BCUT2D eigenvalue weighted by molar-refractivity contribution is 0.00532. The standard InChI is InChI=1S/C14H19ClO/c1-14(2)8-7-11(9-13(14)16)10-3-5-12(15)6-4-10/h3-6,11,13,16H,7-9H2,1-2H3. The van der Waals surface area contributed by atoms with Gasteiger partial charge in [0.2, 0.25) is 0 Å². The van der Waals surface area contributed by atoms with Gasteiger partial charge in [0.25, 0.3) is 0 Å². The van der Waals surface area contributed by atoms with Crippen LogP contribution in [0.3, 0.4) is 0 Å². The van der Waals surface area contributed by atoms with Gasteiger partial charge in [0.15, 0.2) is 0 Å². The highest BCUT2D eigenvalue weighted by Crippen LogP contribution is 2.42. The fraction of sp³-hybridized carbons (Fsp3) is 0.571. The van der Waals surface area contributed by atoms with Gasteiger partial charge in [0.05, 0.1) is 6.10 Å². The molecular weight excluding hydrogens is 220 g/mol. The summed E-state index contributed by atoms with van der Waals surface area (Å²) in [6.45, 7) is 4.30. The van der Waals surface area contributed by atoms with E-state index in [0.29, 0.717) is 5.92 Å². The van der Waals surface area contributed by atoms with E-state index in [1.165, 1.54) is 5.56 Å². The minimum Gasteiger partial charge on any atom is -0.393 e. The molecule has 2 rings (SSSR count). The maximum absolute atomic E-state index is 10.1. The number of hydrogen-bond donors (Lipinski definition) is 1. The Labute approximate surface area is 102 Å². The summed E-state index contributed by atoms with van der Waals surface area (Å²) in [5.41, 5.74) is 1.38. The highest BCUT2D eigenvalue weighted by Gasteiger charge is 2.35. The van der Waals surface area contributed by atoms with Crippen LogP contribution in [0.25, 0.3) is 0 Å². The molecule has 1 aliphatic carbocycles. The number of aliphatic hydroxyl groups is 1. The van der Waals surface area contributed by atoms with E-state index in [4.69, 9.17) is 11.6 Å². The third-order valence-electron chi connectivity index (χ3n) is 3.89. The van der Waals surface area contributed by atoms with E-state index >= 15 is 0 Å². The second-order valence-corrected chi connectivity index (χ2v) is 5.96. The van der Waals surface area contributed by atoms with Crippen molar-refractivity contribution >= 4 is 11.6 Å². The van der Waals surface area contributed by atoms with E-state index in [1.54, 1.807) is 0 Å². The predicted molar refractivity (Wildman–Crippen MR) is 67.8 cm³/mol. The predicted octanol–water partition coefficient (Wildman–Crippen LogP) is 3.99. The molecule has 1 nitrogen and oxygen atoms in total. The maximum atomic E-state index is 10.1. The summed E-state index contributed by atoms with van der Waals surface area (Å²) >= 11 is 5.88. The van der Waals surface area contributed by atoms with Crippen LogP contribution in [-0.2, 0) is 0 Å². The average molecular weight is 239 g/mol. The first kappa shape index (κ1) is 11.9. The molecule has 2 atom stereocenters. The summed E-state index contributed by atoms with van der Waals surface area (Å²) < 4.78 is 0. The summed E-state index contributed by atoms with van der Waals surface area (Å²) in [5.74, 6) is 0.486. The van der Waals surface area contributed by atoms with Crippen molar-refractivity contribution in [2.75, 3.05) is 0 Å². The summed E-state index contributed by atoms with van der Waals surface area (Å²) in [7, 11) is 0. The Balaban J connectivity index is 2.10. The number of halogens is 1. The van der Waals surface area contributed by atoms with Crippen LogP contribution >= 0.6 is 11.6 Å². The molecular formula is C14H19ClO. The Morgan fingerprint density at radius 2 is 1.88 bits per heavy atom. The van der Waals surface area contributed by atoms with E-state index < -0.39 is 0 Å². The molecule has 0 bridgehead atoms. The minimum absolute atomic E-state index is 0.0723. The third kappa shape index (κ3) is 2.41. The molecule has 1 aliphatic rings. The smallest absolute Gasteiger partial charge is 0.0597 e. The normalized spacial score (nSPS) is 29.0. The largest absolute Gasteiger partial charge is 0.393 e. The molecule has 1 aromatic carbocycles. The highest BCUT2D eigenvalue weighted by molar-refractivity contribution is 6.30. The van der Waals surface area contributed by atoms with E-state index in [0.717, 1.165) is 24.3 Å². The molecule has 0 heterocycles. The minimum atomic E-state index is -0.193. The Bertz CT molecular complexity index is 356. The summed E-state index contributed by atoms with van der Waals surface area (Å²) in [6.07, 6.45) is 2.92. The summed E-state index contributed by atoms with van der Waals surface area (Å²) in [5, 5.41) is 10.9. The van der Waals surface area contributed by atoms with Crippen LogP contribution in [0.2, 0.25) is 5.02 Å². The van der Waals surface area contributed by atoms with Gasteiger partial charge in [-0.2, -0.15) is 0 Å². The molecule has 0 aromatic heterocycles. The highest BCUT2D eigenvalue weighted by atomic mass is 35.5. The molecule has 1 fully saturated rings. The van der Waals surface area contributed by atoms with E-state index in [2.05, 4.69) is 26.0 Å². The van der Waals surface area contributed by atoms with E-state index in [-0.39, 0.29) is 11.5 Å². The molecule has 0 amide bonds. The summed E-state index contributed by atoms with van der Waals surface area (Å²) in [4.78, 5) is 0. The Morgan fingerprint density at radius 3 is 2.44 bits per heavy atom. The van der Waals surface area contributed by atoms with Crippen LogP contribution in [0.4, 0.5) is 0 Å².